The van der Waals surface area contributed by atoms with Crippen LogP contribution in [0.25, 0.3) is 22.0 Å². The molecule has 324 valence electrons. The predicted molar refractivity (Wildman–Crippen MR) is 223 cm³/mol. The number of aromatic amines is 1. The Balaban J connectivity index is 1.13. The molecule has 5 aliphatic rings. The van der Waals surface area contributed by atoms with E-state index in [2.05, 4.69) is 22.1 Å². The molecular weight excluding hydrogens is 815 g/mol. The van der Waals surface area contributed by atoms with Crippen LogP contribution in [-0.2, 0) is 19.1 Å². The van der Waals surface area contributed by atoms with Crippen LogP contribution in [-0.4, -0.2) is 99.6 Å². The summed E-state index contributed by atoms with van der Waals surface area (Å²) in [6.45, 7) is 0.301. The molecule has 16 nitrogen and oxygen atoms in total. The van der Waals surface area contributed by atoms with Crippen LogP contribution in [0.3, 0.4) is 0 Å². The summed E-state index contributed by atoms with van der Waals surface area (Å²) in [6, 6.07) is 24.9. The van der Waals surface area contributed by atoms with Gasteiger partial charge in [-0.25, -0.2) is 0 Å². The molecule has 6 heterocycles. The van der Waals surface area contributed by atoms with E-state index in [1.165, 1.54) is 12.3 Å². The number of aliphatic carboxylic acids is 1. The highest BCUT2D eigenvalue weighted by Crippen LogP contribution is 2.62. The van der Waals surface area contributed by atoms with Crippen molar-refractivity contribution in [1.82, 2.24) is 10.3 Å². The largest absolute Gasteiger partial charge is 0.493 e. The van der Waals surface area contributed by atoms with Crippen LogP contribution < -0.4 is 34.7 Å². The number of methoxy groups -OCH3 is 1. The van der Waals surface area contributed by atoms with Gasteiger partial charge in [0, 0.05) is 46.3 Å². The molecule has 5 aromatic rings. The SMILES string of the molecule is COc1ccc2c3c1OCCC#C[C@H](c1ccccc1)[C@H]1Oc4cc(O[C@@H]5O[C@@]6(C=CN[C@H](N)[C@H]6OC(=O)CC(=O)O)[C@@H](O)[C@H](O)[C@H]5O)cc(-c5c[nH]c6ccccc56)c4[C@H](O3)[C@H]21. The van der Waals surface area contributed by atoms with E-state index < -0.39 is 84.9 Å². The van der Waals surface area contributed by atoms with E-state index in [9.17, 15) is 30.0 Å². The van der Waals surface area contributed by atoms with Crippen LogP contribution >= 0.6 is 0 Å². The first-order chi connectivity index (χ1) is 30.6. The minimum Gasteiger partial charge on any atom is -0.493 e. The van der Waals surface area contributed by atoms with Crippen molar-refractivity contribution in [1.29, 1.82) is 0 Å². The van der Waals surface area contributed by atoms with E-state index in [-0.39, 0.29) is 5.75 Å². The summed E-state index contributed by atoms with van der Waals surface area (Å²) < 4.78 is 44.7. The molecular formula is C47H43N3O13. The van der Waals surface area contributed by atoms with E-state index >= 15 is 0 Å². The molecule has 8 N–H and O–H groups in total. The van der Waals surface area contributed by atoms with Crippen molar-refractivity contribution in [3.8, 4) is 51.7 Å². The molecule has 1 saturated heterocycles. The lowest BCUT2D eigenvalue weighted by Gasteiger charge is -2.52. The van der Waals surface area contributed by atoms with Gasteiger partial charge in [-0.3, -0.25) is 9.59 Å². The number of carboxylic acids is 1. The monoisotopic (exact) mass is 857 g/mol. The maximum absolute atomic E-state index is 12.7. The number of ether oxygens (including phenoxy) is 7. The highest BCUT2D eigenvalue weighted by Gasteiger charge is 2.61. The second-order valence-electron chi connectivity index (χ2n) is 16.0. The Kier molecular flexibility index (Phi) is 10.2. The van der Waals surface area contributed by atoms with Gasteiger partial charge in [-0.2, -0.15) is 0 Å². The fourth-order valence-corrected chi connectivity index (χ4v) is 9.45. The third-order valence-corrected chi connectivity index (χ3v) is 12.3. The van der Waals surface area contributed by atoms with Crippen molar-refractivity contribution >= 4 is 22.8 Å². The number of aliphatic hydroxyl groups is 3. The fraction of sp³-hybridized carbons (Fsp3) is 0.319. The Bertz CT molecular complexity index is 2690. The Hall–Kier alpha value is -6.74. The summed E-state index contributed by atoms with van der Waals surface area (Å²) in [5.74, 6) is 5.38. The molecule has 1 aromatic heterocycles. The molecule has 10 rings (SSSR count). The Labute approximate surface area is 360 Å². The predicted octanol–water partition coefficient (Wildman–Crippen LogP) is 3.74. The number of H-pyrrole nitrogens is 1. The fourth-order valence-electron chi connectivity index (χ4n) is 9.45. The number of para-hydroxylation sites is 1. The maximum Gasteiger partial charge on any atom is 0.317 e. The molecule has 1 spiro atoms. The molecule has 0 saturated carbocycles. The van der Waals surface area contributed by atoms with Gasteiger partial charge < -0.3 is 69.6 Å². The van der Waals surface area contributed by atoms with Gasteiger partial charge in [0.1, 0.15) is 54.6 Å². The molecule has 5 aliphatic heterocycles. The Morgan fingerprint density at radius 1 is 0.968 bits per heavy atom. The van der Waals surface area contributed by atoms with Crippen LogP contribution in [0.5, 0.6) is 28.7 Å². The number of carboxylic acid groups (broad SMARTS) is 1. The quantitative estimate of drug-likeness (QED) is 0.0670. The zero-order valence-corrected chi connectivity index (χ0v) is 33.7. The number of hydrogen-bond donors (Lipinski definition) is 7. The van der Waals surface area contributed by atoms with Gasteiger partial charge in [0.05, 0.1) is 25.6 Å². The number of nitrogens with one attached hydrogen (secondary N) is 2. The number of carbonyl (C=O) groups excluding carboxylic acids is 1. The van der Waals surface area contributed by atoms with Crippen LogP contribution in [0.15, 0.2) is 97.3 Å². The molecule has 0 unspecified atom stereocenters. The van der Waals surface area contributed by atoms with Crippen LogP contribution in [0, 0.1) is 11.8 Å². The van der Waals surface area contributed by atoms with Crippen LogP contribution in [0.2, 0.25) is 0 Å². The minimum atomic E-state index is -2.11. The van der Waals surface area contributed by atoms with Crippen LogP contribution in [0.1, 0.15) is 47.5 Å². The summed E-state index contributed by atoms with van der Waals surface area (Å²) in [6.07, 6.45) is -7.58. The average molecular weight is 858 g/mol. The number of aromatic nitrogens is 1. The number of rotatable bonds is 8. The number of carbonyl (C=O) groups is 2. The summed E-state index contributed by atoms with van der Waals surface area (Å²) in [7, 11) is 1.58. The third kappa shape index (κ3) is 6.76. The topological polar surface area (TPSA) is 234 Å². The van der Waals surface area contributed by atoms with Gasteiger partial charge in [0.15, 0.2) is 23.2 Å². The zero-order chi connectivity index (χ0) is 43.6. The van der Waals surface area contributed by atoms with Gasteiger partial charge in [-0.1, -0.05) is 66.4 Å². The third-order valence-electron chi connectivity index (χ3n) is 12.3. The van der Waals surface area contributed by atoms with Crippen molar-refractivity contribution < 1.29 is 63.2 Å². The molecule has 1 fully saturated rings. The number of aliphatic hydroxyl groups excluding tert-OH is 3. The molecule has 11 atom stereocenters. The summed E-state index contributed by atoms with van der Waals surface area (Å²) in [5, 5.41) is 47.2. The lowest BCUT2D eigenvalue weighted by Crippen LogP contribution is -2.74. The second-order valence-corrected chi connectivity index (χ2v) is 16.0. The van der Waals surface area contributed by atoms with Gasteiger partial charge >= 0.3 is 11.9 Å². The number of benzene rings is 4. The highest BCUT2D eigenvalue weighted by molar-refractivity contribution is 5.97. The van der Waals surface area contributed by atoms with Crippen LogP contribution in [0.4, 0.5) is 0 Å². The van der Waals surface area contributed by atoms with Crippen molar-refractivity contribution in [2.75, 3.05) is 13.7 Å². The summed E-state index contributed by atoms with van der Waals surface area (Å²) in [5.41, 5.74) is 8.97. The van der Waals surface area contributed by atoms with E-state index in [4.69, 9.17) is 38.9 Å². The first kappa shape index (κ1) is 40.3. The van der Waals surface area contributed by atoms with Crippen molar-refractivity contribution in [3.63, 3.8) is 0 Å². The lowest BCUT2D eigenvalue weighted by atomic mass is 9.75. The smallest absolute Gasteiger partial charge is 0.317 e. The molecule has 0 aliphatic carbocycles. The normalized spacial score (nSPS) is 29.9. The highest BCUT2D eigenvalue weighted by atomic mass is 16.7. The first-order valence-corrected chi connectivity index (χ1v) is 20.5. The average Bonchev–Trinajstić information content (AvgIpc) is 3.89. The molecule has 16 heteroatoms. The number of fused-ring (bicyclic) bond motifs is 3. The first-order valence-electron chi connectivity index (χ1n) is 20.5. The number of esters is 1. The van der Waals surface area contributed by atoms with Crippen molar-refractivity contribution in [3.05, 3.63) is 114 Å². The number of nitrogens with two attached hydrogens (primary N) is 1. The minimum absolute atomic E-state index is 0.125. The second kappa shape index (κ2) is 15.9. The van der Waals surface area contributed by atoms with Crippen molar-refractivity contribution in [2.24, 2.45) is 5.73 Å². The molecule has 0 radical (unpaired) electrons. The summed E-state index contributed by atoms with van der Waals surface area (Å²) in [4.78, 5) is 27.4. The molecule has 4 aromatic carbocycles. The molecule has 4 bridgehead atoms. The van der Waals surface area contributed by atoms with Crippen molar-refractivity contribution in [2.45, 2.75) is 79.4 Å². The van der Waals surface area contributed by atoms with E-state index in [1.54, 1.807) is 19.2 Å². The Morgan fingerprint density at radius 2 is 1.78 bits per heavy atom. The van der Waals surface area contributed by atoms with E-state index in [0.29, 0.717) is 47.2 Å². The van der Waals surface area contributed by atoms with Gasteiger partial charge in [-0.05, 0) is 41.6 Å². The standard InChI is InChI=1S/C47H43N3O13/c1-57-31-15-14-27-36-39-25(23-9-3-2-4-10-23)11-7-8-18-58-41(31)40(27)62-42(36)35-28(29-22-50-30-13-6-5-12-26(29)30)19-24(20-32(35)60-39)59-46-38(55)37(54)43(56)47(63-46)16-17-49-45(48)44(47)61-34(53)21-33(51)52/h2-6,9-10,12-17,19-20,22,25,36-39,42-46,49-50,54-56H,8,18,21,48H2,1H3,(H,51,52)/t25-,36-,37-,38-,39-,42+,43+,44-,45+,46-,47+/m1/s1. The van der Waals surface area contributed by atoms with Gasteiger partial charge in [-0.15, -0.1) is 0 Å². The zero-order valence-electron chi connectivity index (χ0n) is 33.7. The number of hydrogen-bond acceptors (Lipinski definition) is 14. The lowest BCUT2D eigenvalue weighted by molar-refractivity contribution is -0.321. The van der Waals surface area contributed by atoms with Gasteiger partial charge in [0.25, 0.3) is 0 Å². The summed E-state index contributed by atoms with van der Waals surface area (Å²) >= 11 is 0. The molecule has 63 heavy (non-hydrogen) atoms. The Morgan fingerprint density at radius 3 is 2.59 bits per heavy atom. The molecule has 0 amide bonds. The van der Waals surface area contributed by atoms with E-state index in [0.717, 1.165) is 27.6 Å². The van der Waals surface area contributed by atoms with Gasteiger partial charge in [0.2, 0.25) is 12.0 Å². The maximum atomic E-state index is 12.7. The van der Waals surface area contributed by atoms with E-state index in [1.807, 2.05) is 72.9 Å².